The van der Waals surface area contributed by atoms with Crippen molar-refractivity contribution >= 4 is 12.0 Å². The molecular weight excluding hydrogens is 367 g/mol. The highest BCUT2D eigenvalue weighted by molar-refractivity contribution is 5.91. The van der Waals surface area contributed by atoms with Gasteiger partial charge in [-0.3, -0.25) is 4.79 Å². The largest absolute Gasteiger partial charge is 0.416 e. The molecular formula is C21H18F3N3O. The van der Waals surface area contributed by atoms with Gasteiger partial charge in [-0.15, -0.1) is 0 Å². The van der Waals surface area contributed by atoms with Crippen LogP contribution in [0, 0.1) is 0 Å². The van der Waals surface area contributed by atoms with Crippen LogP contribution in [-0.4, -0.2) is 27.6 Å². The summed E-state index contributed by atoms with van der Waals surface area (Å²) in [6.45, 7) is 0.213. The van der Waals surface area contributed by atoms with Crippen molar-refractivity contribution in [3.05, 3.63) is 89.8 Å². The number of alkyl halides is 3. The molecule has 28 heavy (non-hydrogen) atoms. The van der Waals surface area contributed by atoms with Crippen LogP contribution in [0.15, 0.2) is 73.1 Å². The summed E-state index contributed by atoms with van der Waals surface area (Å²) in [5, 5.41) is 4.25. The Morgan fingerprint density at radius 3 is 2.43 bits per heavy atom. The van der Waals surface area contributed by atoms with Crippen LogP contribution >= 0.6 is 0 Å². The first kappa shape index (κ1) is 19.4. The predicted octanol–water partition coefficient (Wildman–Crippen LogP) is 4.56. The fourth-order valence-corrected chi connectivity index (χ4v) is 2.59. The van der Waals surface area contributed by atoms with Crippen molar-refractivity contribution in [2.45, 2.75) is 12.7 Å². The van der Waals surface area contributed by atoms with E-state index in [0.29, 0.717) is 5.56 Å². The van der Waals surface area contributed by atoms with Crippen LogP contribution in [0.3, 0.4) is 0 Å². The van der Waals surface area contributed by atoms with E-state index in [4.69, 9.17) is 0 Å². The van der Waals surface area contributed by atoms with Gasteiger partial charge in [-0.05, 0) is 35.9 Å². The van der Waals surface area contributed by atoms with Crippen LogP contribution in [0.4, 0.5) is 13.2 Å². The van der Waals surface area contributed by atoms with Gasteiger partial charge in [-0.1, -0.05) is 30.3 Å². The molecule has 1 amide bonds. The second kappa shape index (κ2) is 8.12. The van der Waals surface area contributed by atoms with Crippen molar-refractivity contribution in [1.29, 1.82) is 0 Å². The van der Waals surface area contributed by atoms with E-state index in [1.54, 1.807) is 30.2 Å². The average molecular weight is 385 g/mol. The Bertz CT molecular complexity index is 961. The Labute approximate surface area is 160 Å². The van der Waals surface area contributed by atoms with Gasteiger partial charge in [-0.25, -0.2) is 4.68 Å². The summed E-state index contributed by atoms with van der Waals surface area (Å²) in [4.78, 5) is 13.7. The Balaban J connectivity index is 1.60. The molecule has 144 valence electrons. The average Bonchev–Trinajstić information content (AvgIpc) is 3.15. The number of halogens is 3. The molecule has 0 radical (unpaired) electrons. The van der Waals surface area contributed by atoms with Gasteiger partial charge in [0.15, 0.2) is 0 Å². The highest BCUT2D eigenvalue weighted by Gasteiger charge is 2.29. The number of carbonyl (C=O) groups excluding carboxylic acids is 1. The van der Waals surface area contributed by atoms with Crippen molar-refractivity contribution in [3.8, 4) is 5.69 Å². The lowest BCUT2D eigenvalue weighted by molar-refractivity contribution is -0.137. The van der Waals surface area contributed by atoms with Gasteiger partial charge in [0.1, 0.15) is 0 Å². The van der Waals surface area contributed by atoms with Gasteiger partial charge >= 0.3 is 6.18 Å². The fraction of sp³-hybridized carbons (Fsp3) is 0.143. The van der Waals surface area contributed by atoms with Gasteiger partial charge in [0.05, 0.1) is 17.4 Å². The fourth-order valence-electron chi connectivity index (χ4n) is 2.59. The third-order valence-corrected chi connectivity index (χ3v) is 4.12. The molecule has 0 atom stereocenters. The molecule has 0 unspecified atom stereocenters. The summed E-state index contributed by atoms with van der Waals surface area (Å²) in [6.07, 6.45) is 2.14. The molecule has 0 aliphatic carbocycles. The Hall–Kier alpha value is -3.35. The van der Waals surface area contributed by atoms with Crippen LogP contribution in [0.5, 0.6) is 0 Å². The Morgan fingerprint density at radius 2 is 1.79 bits per heavy atom. The molecule has 0 aliphatic heterocycles. The summed E-state index contributed by atoms with van der Waals surface area (Å²) < 4.78 is 39.5. The molecule has 0 aliphatic rings. The minimum absolute atomic E-state index is 0.213. The molecule has 1 aromatic heterocycles. The summed E-state index contributed by atoms with van der Waals surface area (Å²) in [5.41, 5.74) is 1.59. The number of carbonyl (C=O) groups is 1. The van der Waals surface area contributed by atoms with E-state index in [1.807, 2.05) is 30.3 Å². The molecule has 0 fully saturated rings. The lowest BCUT2D eigenvalue weighted by Gasteiger charge is -2.15. The zero-order valence-corrected chi connectivity index (χ0v) is 15.1. The lowest BCUT2D eigenvalue weighted by Crippen LogP contribution is -2.24. The molecule has 2 aromatic carbocycles. The maximum Gasteiger partial charge on any atom is 0.416 e. The third-order valence-electron chi connectivity index (χ3n) is 4.12. The molecule has 1 heterocycles. The van der Waals surface area contributed by atoms with Gasteiger partial charge in [0.2, 0.25) is 5.91 Å². The topological polar surface area (TPSA) is 38.1 Å². The van der Waals surface area contributed by atoms with Crippen LogP contribution < -0.4 is 0 Å². The van der Waals surface area contributed by atoms with Gasteiger partial charge < -0.3 is 4.90 Å². The molecule has 3 aromatic rings. The number of benzene rings is 2. The molecule has 0 N–H and O–H groups in total. The highest BCUT2D eigenvalue weighted by atomic mass is 19.4. The highest BCUT2D eigenvalue weighted by Crippen LogP contribution is 2.29. The number of hydrogen-bond acceptors (Lipinski definition) is 2. The van der Waals surface area contributed by atoms with E-state index in [0.717, 1.165) is 23.4 Å². The maximum absolute atomic E-state index is 12.6. The summed E-state index contributed by atoms with van der Waals surface area (Å²) in [7, 11) is 1.59. The van der Waals surface area contributed by atoms with Crippen molar-refractivity contribution in [2.75, 3.05) is 7.05 Å². The second-order valence-corrected chi connectivity index (χ2v) is 6.28. The minimum atomic E-state index is -4.37. The first-order valence-corrected chi connectivity index (χ1v) is 8.52. The first-order valence-electron chi connectivity index (χ1n) is 8.52. The van der Waals surface area contributed by atoms with E-state index >= 15 is 0 Å². The lowest BCUT2D eigenvalue weighted by atomic mass is 10.1. The summed E-state index contributed by atoms with van der Waals surface area (Å²) in [6, 6.07) is 14.4. The van der Waals surface area contributed by atoms with Crippen molar-refractivity contribution in [1.82, 2.24) is 14.7 Å². The molecule has 0 saturated carbocycles. The Morgan fingerprint density at radius 1 is 1.11 bits per heavy atom. The van der Waals surface area contributed by atoms with Crippen LogP contribution in [0.25, 0.3) is 11.8 Å². The van der Waals surface area contributed by atoms with Crippen molar-refractivity contribution in [3.63, 3.8) is 0 Å². The molecule has 0 bridgehead atoms. The number of hydrogen-bond donors (Lipinski definition) is 0. The normalized spacial score (nSPS) is 11.7. The molecule has 3 rings (SSSR count). The van der Waals surface area contributed by atoms with Gasteiger partial charge in [0, 0.05) is 31.4 Å². The molecule has 0 saturated heterocycles. The van der Waals surface area contributed by atoms with Crippen LogP contribution in [0.2, 0.25) is 0 Å². The predicted molar refractivity (Wildman–Crippen MR) is 101 cm³/mol. The third kappa shape index (κ3) is 4.88. The number of para-hydroxylation sites is 1. The SMILES string of the molecule is CN(Cc1ccc(C(F)(F)F)cc1)C(=O)/C=C/c1cnn(-c2ccccc2)c1. The number of rotatable bonds is 5. The van der Waals surface area contributed by atoms with Gasteiger partial charge in [-0.2, -0.15) is 18.3 Å². The number of likely N-dealkylation sites (N-methyl/N-ethyl adjacent to an activating group) is 1. The van der Waals surface area contributed by atoms with Crippen LogP contribution in [-0.2, 0) is 17.5 Å². The smallest absolute Gasteiger partial charge is 0.338 e. The van der Waals surface area contributed by atoms with Crippen molar-refractivity contribution in [2.24, 2.45) is 0 Å². The van der Waals surface area contributed by atoms with E-state index in [2.05, 4.69) is 5.10 Å². The maximum atomic E-state index is 12.6. The van der Waals surface area contributed by atoms with E-state index in [-0.39, 0.29) is 12.5 Å². The van der Waals surface area contributed by atoms with Crippen molar-refractivity contribution < 1.29 is 18.0 Å². The number of nitrogens with zero attached hydrogens (tertiary/aromatic N) is 3. The molecule has 4 nitrogen and oxygen atoms in total. The zero-order chi connectivity index (χ0) is 20.1. The minimum Gasteiger partial charge on any atom is -0.338 e. The monoisotopic (exact) mass is 385 g/mol. The van der Waals surface area contributed by atoms with Crippen LogP contribution in [0.1, 0.15) is 16.7 Å². The van der Waals surface area contributed by atoms with Gasteiger partial charge in [0.25, 0.3) is 0 Å². The number of amides is 1. The van der Waals surface area contributed by atoms with E-state index < -0.39 is 11.7 Å². The second-order valence-electron chi connectivity index (χ2n) is 6.28. The zero-order valence-electron chi connectivity index (χ0n) is 15.1. The summed E-state index contributed by atoms with van der Waals surface area (Å²) >= 11 is 0. The Kier molecular flexibility index (Phi) is 5.63. The number of aromatic nitrogens is 2. The molecule has 0 spiro atoms. The first-order chi connectivity index (χ1) is 13.3. The van der Waals surface area contributed by atoms with E-state index in [1.165, 1.54) is 23.1 Å². The standard InChI is InChI=1S/C21H18F3N3O/c1-26(14-16-7-10-18(11-8-16)21(22,23)24)20(28)12-9-17-13-25-27(15-17)19-5-3-2-4-6-19/h2-13,15H,14H2,1H3/b12-9+. The quantitative estimate of drug-likeness (QED) is 0.604. The summed E-state index contributed by atoms with van der Waals surface area (Å²) in [5.74, 6) is -0.257. The van der Waals surface area contributed by atoms with E-state index in [9.17, 15) is 18.0 Å². The molecule has 7 heteroatoms.